The van der Waals surface area contributed by atoms with Crippen LogP contribution in [0.1, 0.15) is 52.4 Å². The van der Waals surface area contributed by atoms with Crippen LogP contribution in [0.3, 0.4) is 0 Å². The lowest BCUT2D eigenvalue weighted by Gasteiger charge is -2.26. The number of amides is 2. The molecule has 2 amide bonds. The quantitative estimate of drug-likeness (QED) is 0.661. The Balaban J connectivity index is 1.81. The third-order valence-corrected chi connectivity index (χ3v) is 4.55. The Labute approximate surface area is 114 Å². The van der Waals surface area contributed by atoms with E-state index in [4.69, 9.17) is 0 Å². The van der Waals surface area contributed by atoms with Crippen molar-refractivity contribution in [2.75, 3.05) is 6.54 Å². The average molecular weight is 268 g/mol. The summed E-state index contributed by atoms with van der Waals surface area (Å²) >= 11 is 0. The van der Waals surface area contributed by atoms with Crippen molar-refractivity contribution in [3.05, 3.63) is 0 Å². The van der Waals surface area contributed by atoms with Gasteiger partial charge in [-0.3, -0.25) is 0 Å². The van der Waals surface area contributed by atoms with Gasteiger partial charge >= 0.3 is 12.0 Å². The number of rotatable bonds is 7. The Bertz CT molecular complexity index is 375. The van der Waals surface area contributed by atoms with Crippen molar-refractivity contribution < 1.29 is 14.7 Å². The Kier molecular flexibility index (Phi) is 3.74. The Morgan fingerprint density at radius 3 is 2.42 bits per heavy atom. The van der Waals surface area contributed by atoms with Gasteiger partial charge in [0.25, 0.3) is 0 Å². The monoisotopic (exact) mass is 268 g/mol. The highest BCUT2D eigenvalue weighted by molar-refractivity contribution is 5.85. The van der Waals surface area contributed by atoms with E-state index in [0.29, 0.717) is 18.4 Å². The van der Waals surface area contributed by atoms with Gasteiger partial charge < -0.3 is 15.7 Å². The molecule has 2 fully saturated rings. The normalized spacial score (nSPS) is 23.3. The van der Waals surface area contributed by atoms with E-state index in [1.807, 2.05) is 6.92 Å². The van der Waals surface area contributed by atoms with Gasteiger partial charge in [0.15, 0.2) is 0 Å². The zero-order valence-corrected chi connectivity index (χ0v) is 11.8. The van der Waals surface area contributed by atoms with Crippen LogP contribution >= 0.6 is 0 Å². The Morgan fingerprint density at radius 1 is 1.37 bits per heavy atom. The minimum absolute atomic E-state index is 0.335. The van der Waals surface area contributed by atoms with E-state index < -0.39 is 11.5 Å². The molecular formula is C14H24N2O3. The second-order valence-electron chi connectivity index (χ2n) is 6.33. The molecule has 1 unspecified atom stereocenters. The topological polar surface area (TPSA) is 78.4 Å². The van der Waals surface area contributed by atoms with Crippen molar-refractivity contribution in [3.63, 3.8) is 0 Å². The molecule has 108 valence electrons. The first kappa shape index (κ1) is 14.2. The maximum atomic E-state index is 11.9. The first-order valence-corrected chi connectivity index (χ1v) is 7.21. The molecule has 0 spiro atoms. The fourth-order valence-electron chi connectivity index (χ4n) is 2.86. The van der Waals surface area contributed by atoms with E-state index in [0.717, 1.165) is 12.3 Å². The number of urea groups is 1. The first-order chi connectivity index (χ1) is 8.92. The molecule has 0 aromatic heterocycles. The Hall–Kier alpha value is -1.26. The van der Waals surface area contributed by atoms with E-state index in [1.54, 1.807) is 6.92 Å². The number of hydrogen-bond donors (Lipinski definition) is 3. The van der Waals surface area contributed by atoms with Gasteiger partial charge in [-0.15, -0.1) is 0 Å². The minimum Gasteiger partial charge on any atom is -0.480 e. The van der Waals surface area contributed by atoms with Crippen molar-refractivity contribution in [1.29, 1.82) is 0 Å². The zero-order valence-electron chi connectivity index (χ0n) is 11.8. The predicted molar refractivity (Wildman–Crippen MR) is 71.9 cm³/mol. The number of aliphatic carboxylic acids is 1. The highest BCUT2D eigenvalue weighted by Gasteiger charge is 2.53. The van der Waals surface area contributed by atoms with Crippen LogP contribution in [0, 0.1) is 11.3 Å². The first-order valence-electron chi connectivity index (χ1n) is 7.21. The molecule has 0 radical (unpaired) electrons. The summed E-state index contributed by atoms with van der Waals surface area (Å²) in [4.78, 5) is 23.1. The highest BCUT2D eigenvalue weighted by atomic mass is 16.4. The van der Waals surface area contributed by atoms with Crippen LogP contribution in [0.4, 0.5) is 4.79 Å². The molecule has 2 rings (SSSR count). The van der Waals surface area contributed by atoms with E-state index >= 15 is 0 Å². The molecule has 5 heteroatoms. The van der Waals surface area contributed by atoms with Crippen molar-refractivity contribution in [1.82, 2.24) is 10.6 Å². The summed E-state index contributed by atoms with van der Waals surface area (Å²) in [6.45, 7) is 4.16. The molecule has 2 aliphatic carbocycles. The lowest BCUT2D eigenvalue weighted by molar-refractivity contribution is -0.144. The molecule has 0 saturated heterocycles. The lowest BCUT2D eigenvalue weighted by atomic mass is 9.96. The second-order valence-corrected chi connectivity index (χ2v) is 6.33. The van der Waals surface area contributed by atoms with Crippen molar-refractivity contribution in [2.24, 2.45) is 11.3 Å². The summed E-state index contributed by atoms with van der Waals surface area (Å²) in [5.74, 6) is -0.192. The third-order valence-electron chi connectivity index (χ3n) is 4.55. The maximum absolute atomic E-state index is 11.9. The summed E-state index contributed by atoms with van der Waals surface area (Å²) in [5.41, 5.74) is -0.836. The van der Waals surface area contributed by atoms with Gasteiger partial charge in [-0.2, -0.15) is 0 Å². The number of carboxylic acid groups (broad SMARTS) is 1. The van der Waals surface area contributed by atoms with Gasteiger partial charge in [0.05, 0.1) is 0 Å². The number of carbonyl (C=O) groups is 2. The number of carboxylic acids is 1. The van der Waals surface area contributed by atoms with Crippen LogP contribution in [0.2, 0.25) is 0 Å². The van der Waals surface area contributed by atoms with E-state index in [1.165, 1.54) is 25.7 Å². The van der Waals surface area contributed by atoms with Gasteiger partial charge in [0, 0.05) is 6.54 Å². The summed E-state index contributed by atoms with van der Waals surface area (Å²) in [5, 5.41) is 14.7. The molecule has 0 heterocycles. The van der Waals surface area contributed by atoms with Gasteiger partial charge in [-0.25, -0.2) is 9.59 Å². The molecule has 0 aliphatic heterocycles. The van der Waals surface area contributed by atoms with Crippen molar-refractivity contribution in [2.45, 2.75) is 57.9 Å². The van der Waals surface area contributed by atoms with Gasteiger partial charge in [-0.1, -0.05) is 13.3 Å². The van der Waals surface area contributed by atoms with Gasteiger partial charge in [0.1, 0.15) is 5.54 Å². The molecule has 2 saturated carbocycles. The maximum Gasteiger partial charge on any atom is 0.329 e. The zero-order chi connectivity index (χ0) is 14.1. The molecular weight excluding hydrogens is 244 g/mol. The van der Waals surface area contributed by atoms with Gasteiger partial charge in [-0.05, 0) is 50.4 Å². The fourth-order valence-corrected chi connectivity index (χ4v) is 2.86. The second kappa shape index (κ2) is 5.02. The third kappa shape index (κ3) is 3.19. The van der Waals surface area contributed by atoms with E-state index in [2.05, 4.69) is 10.6 Å². The molecule has 1 atom stereocenters. The molecule has 3 N–H and O–H groups in total. The molecule has 19 heavy (non-hydrogen) atoms. The lowest BCUT2D eigenvalue weighted by Crippen LogP contribution is -2.55. The smallest absolute Gasteiger partial charge is 0.329 e. The highest BCUT2D eigenvalue weighted by Crippen LogP contribution is 2.60. The largest absolute Gasteiger partial charge is 0.480 e. The number of nitrogens with one attached hydrogen (secondary N) is 2. The van der Waals surface area contributed by atoms with E-state index in [-0.39, 0.29) is 6.03 Å². The van der Waals surface area contributed by atoms with Crippen molar-refractivity contribution in [3.8, 4) is 0 Å². The molecule has 2 aliphatic rings. The summed E-state index contributed by atoms with van der Waals surface area (Å²) in [6, 6.07) is -0.356. The molecule has 0 aromatic carbocycles. The number of hydrogen-bond acceptors (Lipinski definition) is 2. The fraction of sp³-hybridized carbons (Fsp3) is 0.857. The Morgan fingerprint density at radius 2 is 2.00 bits per heavy atom. The molecule has 0 aromatic rings. The van der Waals surface area contributed by atoms with Crippen LogP contribution in [0.5, 0.6) is 0 Å². The van der Waals surface area contributed by atoms with Gasteiger partial charge in [0.2, 0.25) is 0 Å². The average Bonchev–Trinajstić information content (AvgIpc) is 3.18. The molecule has 0 bridgehead atoms. The van der Waals surface area contributed by atoms with Crippen LogP contribution in [0.25, 0.3) is 0 Å². The minimum atomic E-state index is -1.17. The SMILES string of the molecule is CCCC(C)(NC(=O)NCC1(C2CC2)CC1)C(=O)O. The molecule has 5 nitrogen and oxygen atoms in total. The standard InChI is InChI=1S/C14H24N2O3/c1-3-6-13(2,11(17)18)16-12(19)15-9-14(7-8-14)10-4-5-10/h10H,3-9H2,1-2H3,(H,17,18)(H2,15,16,19). The number of carbonyl (C=O) groups excluding carboxylic acids is 1. The predicted octanol–water partition coefficient (Wildman–Crippen LogP) is 2.12. The van der Waals surface area contributed by atoms with Crippen molar-refractivity contribution >= 4 is 12.0 Å². The summed E-state index contributed by atoms with van der Waals surface area (Å²) in [7, 11) is 0. The summed E-state index contributed by atoms with van der Waals surface area (Å²) in [6.07, 6.45) is 6.11. The van der Waals surface area contributed by atoms with Crippen LogP contribution in [-0.2, 0) is 4.79 Å². The van der Waals surface area contributed by atoms with Crippen LogP contribution in [-0.4, -0.2) is 29.2 Å². The van der Waals surface area contributed by atoms with Crippen LogP contribution in [0.15, 0.2) is 0 Å². The van der Waals surface area contributed by atoms with E-state index in [9.17, 15) is 14.7 Å². The summed E-state index contributed by atoms with van der Waals surface area (Å²) < 4.78 is 0. The van der Waals surface area contributed by atoms with Crippen LogP contribution < -0.4 is 10.6 Å².